The van der Waals surface area contributed by atoms with Gasteiger partial charge < -0.3 is 19.7 Å². The number of ether oxygens (including phenoxy) is 2. The van der Waals surface area contributed by atoms with Crippen molar-refractivity contribution in [2.75, 3.05) is 65.6 Å². The lowest BCUT2D eigenvalue weighted by molar-refractivity contribution is 0.0374. The van der Waals surface area contributed by atoms with E-state index in [4.69, 9.17) is 9.47 Å². The van der Waals surface area contributed by atoms with E-state index in [2.05, 4.69) is 33.7 Å². The minimum absolute atomic E-state index is 0.210. The fourth-order valence-electron chi connectivity index (χ4n) is 4.11. The molecule has 0 saturated carbocycles. The third-order valence-corrected chi connectivity index (χ3v) is 7.85. The first-order valence-corrected chi connectivity index (χ1v) is 14.5. The summed E-state index contributed by atoms with van der Waals surface area (Å²) in [7, 11) is -3.60. The Morgan fingerprint density at radius 2 is 1.75 bits per heavy atom. The summed E-state index contributed by atoms with van der Waals surface area (Å²) in [6, 6.07) is 14.6. The highest BCUT2D eigenvalue weighted by molar-refractivity contribution is 7.89. The van der Waals surface area contributed by atoms with Crippen LogP contribution in [-0.2, 0) is 27.8 Å². The molecule has 1 heterocycles. The number of morpholine rings is 1. The lowest BCUT2D eigenvalue weighted by atomic mass is 10.2. The Balaban J connectivity index is 1.40. The molecule has 9 heteroatoms. The van der Waals surface area contributed by atoms with Crippen molar-refractivity contribution in [2.45, 2.75) is 38.3 Å². The molecule has 0 aromatic heterocycles. The molecule has 0 spiro atoms. The normalized spacial score (nSPS) is 14.9. The van der Waals surface area contributed by atoms with Gasteiger partial charge in [-0.25, -0.2) is 13.1 Å². The molecule has 0 atom stereocenters. The molecule has 200 valence electrons. The lowest BCUT2D eigenvalue weighted by Crippen LogP contribution is -2.37. The highest BCUT2D eigenvalue weighted by Crippen LogP contribution is 2.15. The Hall–Kier alpha value is -2.01. The second kappa shape index (κ2) is 15.3. The Bertz CT molecular complexity index is 991. The molecule has 2 aromatic rings. The maximum Gasteiger partial charge on any atom is 0.240 e. The lowest BCUT2D eigenvalue weighted by Gasteiger charge is -2.26. The maximum atomic E-state index is 12.8. The zero-order chi connectivity index (χ0) is 25.6. The minimum atomic E-state index is -3.60. The monoisotopic (exact) mass is 518 g/mol. The van der Waals surface area contributed by atoms with E-state index in [-0.39, 0.29) is 11.4 Å². The average Bonchev–Trinajstić information content (AvgIpc) is 2.91. The van der Waals surface area contributed by atoms with Crippen molar-refractivity contribution in [3.05, 3.63) is 59.7 Å². The van der Waals surface area contributed by atoms with Crippen LogP contribution in [0.15, 0.2) is 53.4 Å². The van der Waals surface area contributed by atoms with Crippen LogP contribution in [0.2, 0.25) is 0 Å². The van der Waals surface area contributed by atoms with E-state index < -0.39 is 10.0 Å². The van der Waals surface area contributed by atoms with Crippen molar-refractivity contribution < 1.29 is 17.9 Å². The Kier molecular flexibility index (Phi) is 12.1. The van der Waals surface area contributed by atoms with Crippen LogP contribution >= 0.6 is 0 Å². The van der Waals surface area contributed by atoms with Crippen LogP contribution in [0.4, 0.5) is 0 Å². The highest BCUT2D eigenvalue weighted by Gasteiger charge is 2.14. The van der Waals surface area contributed by atoms with Crippen molar-refractivity contribution in [2.24, 2.45) is 0 Å². The van der Waals surface area contributed by atoms with Crippen molar-refractivity contribution >= 4 is 10.0 Å². The minimum Gasteiger partial charge on any atom is -0.492 e. The largest absolute Gasteiger partial charge is 0.492 e. The molecule has 8 nitrogen and oxygen atoms in total. The number of nitrogens with zero attached hydrogens (tertiary/aromatic N) is 2. The van der Waals surface area contributed by atoms with Gasteiger partial charge in [0.25, 0.3) is 0 Å². The van der Waals surface area contributed by atoms with Gasteiger partial charge in [-0.15, -0.1) is 0 Å². The van der Waals surface area contributed by atoms with Crippen LogP contribution in [0.5, 0.6) is 5.75 Å². The Labute approximate surface area is 217 Å². The standard InChI is InChI=1S/C27H42N4O4S/c1-3-30(4-2)17-20-35-26-8-5-7-25(21-26)23-29-36(32,33)27-11-9-24(10-12-27)22-28-13-6-14-31-15-18-34-19-16-31/h5,7-12,21,28-29H,3-4,6,13-20,22-23H2,1-2H3. The summed E-state index contributed by atoms with van der Waals surface area (Å²) in [5.41, 5.74) is 1.92. The van der Waals surface area contributed by atoms with Gasteiger partial charge in [0.05, 0.1) is 18.1 Å². The molecule has 1 saturated heterocycles. The third-order valence-electron chi connectivity index (χ3n) is 6.43. The molecule has 3 rings (SSSR count). The summed E-state index contributed by atoms with van der Waals surface area (Å²) in [4.78, 5) is 4.99. The first kappa shape index (κ1) is 28.6. The van der Waals surface area contributed by atoms with E-state index in [9.17, 15) is 8.42 Å². The number of hydrogen-bond acceptors (Lipinski definition) is 7. The fraction of sp³-hybridized carbons (Fsp3) is 0.556. The van der Waals surface area contributed by atoms with Gasteiger partial charge in [-0.05, 0) is 68.0 Å². The summed E-state index contributed by atoms with van der Waals surface area (Å²) in [5.74, 6) is 0.751. The van der Waals surface area contributed by atoms with Gasteiger partial charge in [-0.1, -0.05) is 38.1 Å². The third kappa shape index (κ3) is 9.80. The molecule has 1 aliphatic rings. The summed E-state index contributed by atoms with van der Waals surface area (Å²) in [6.45, 7) is 14.3. The van der Waals surface area contributed by atoms with Crippen LogP contribution in [0, 0.1) is 0 Å². The highest BCUT2D eigenvalue weighted by atomic mass is 32.2. The topological polar surface area (TPSA) is 83.1 Å². The molecule has 1 aliphatic heterocycles. The van der Waals surface area contributed by atoms with Gasteiger partial charge in [0.1, 0.15) is 12.4 Å². The second-order valence-corrected chi connectivity index (χ2v) is 10.7. The molecule has 0 amide bonds. The van der Waals surface area contributed by atoms with Gasteiger partial charge in [0.2, 0.25) is 10.0 Å². The van der Waals surface area contributed by atoms with E-state index >= 15 is 0 Å². The average molecular weight is 519 g/mol. The molecule has 0 unspecified atom stereocenters. The van der Waals surface area contributed by atoms with Crippen molar-refractivity contribution in [3.63, 3.8) is 0 Å². The zero-order valence-corrected chi connectivity index (χ0v) is 22.6. The summed E-state index contributed by atoms with van der Waals surface area (Å²) in [6.07, 6.45) is 1.08. The number of rotatable bonds is 16. The Morgan fingerprint density at radius 3 is 2.47 bits per heavy atom. The number of nitrogens with one attached hydrogen (secondary N) is 2. The molecule has 1 fully saturated rings. The molecular weight excluding hydrogens is 476 g/mol. The number of sulfonamides is 1. The van der Waals surface area contributed by atoms with Gasteiger partial charge in [0, 0.05) is 32.7 Å². The van der Waals surface area contributed by atoms with E-state index in [0.29, 0.717) is 6.61 Å². The molecule has 0 radical (unpaired) electrons. The summed E-state index contributed by atoms with van der Waals surface area (Å²) < 4.78 is 39.5. The number of hydrogen-bond donors (Lipinski definition) is 2. The maximum absolute atomic E-state index is 12.8. The molecular formula is C27H42N4O4S. The van der Waals surface area contributed by atoms with Gasteiger partial charge in [-0.3, -0.25) is 4.90 Å². The van der Waals surface area contributed by atoms with Crippen LogP contribution in [0.1, 0.15) is 31.4 Å². The summed E-state index contributed by atoms with van der Waals surface area (Å²) >= 11 is 0. The zero-order valence-electron chi connectivity index (χ0n) is 21.7. The second-order valence-electron chi connectivity index (χ2n) is 8.98. The van der Waals surface area contributed by atoms with Crippen LogP contribution < -0.4 is 14.8 Å². The predicted octanol–water partition coefficient (Wildman–Crippen LogP) is 2.70. The number of benzene rings is 2. The van der Waals surface area contributed by atoms with Crippen molar-refractivity contribution in [1.29, 1.82) is 0 Å². The first-order valence-electron chi connectivity index (χ1n) is 13.0. The van der Waals surface area contributed by atoms with E-state index in [0.717, 1.165) is 88.9 Å². The first-order chi connectivity index (χ1) is 17.5. The SMILES string of the molecule is CCN(CC)CCOc1cccc(CNS(=O)(=O)c2ccc(CNCCCN3CCOCC3)cc2)c1. The van der Waals surface area contributed by atoms with Gasteiger partial charge >= 0.3 is 0 Å². The molecule has 0 bridgehead atoms. The van der Waals surface area contributed by atoms with Crippen molar-refractivity contribution in [3.8, 4) is 5.75 Å². The predicted molar refractivity (Wildman–Crippen MR) is 144 cm³/mol. The molecule has 0 aliphatic carbocycles. The quantitative estimate of drug-likeness (QED) is 0.331. The van der Waals surface area contributed by atoms with E-state index in [1.165, 1.54) is 0 Å². The van der Waals surface area contributed by atoms with Crippen LogP contribution in [0.3, 0.4) is 0 Å². The fourth-order valence-corrected chi connectivity index (χ4v) is 5.13. The molecule has 2 N–H and O–H groups in total. The smallest absolute Gasteiger partial charge is 0.240 e. The summed E-state index contributed by atoms with van der Waals surface area (Å²) in [5, 5.41) is 3.44. The van der Waals surface area contributed by atoms with Crippen LogP contribution in [0.25, 0.3) is 0 Å². The van der Waals surface area contributed by atoms with Gasteiger partial charge in [0.15, 0.2) is 0 Å². The number of likely N-dealkylation sites (N-methyl/N-ethyl adjacent to an activating group) is 1. The van der Waals surface area contributed by atoms with E-state index in [1.807, 2.05) is 36.4 Å². The van der Waals surface area contributed by atoms with Crippen LogP contribution in [-0.4, -0.2) is 83.9 Å². The van der Waals surface area contributed by atoms with Crippen molar-refractivity contribution in [1.82, 2.24) is 19.8 Å². The Morgan fingerprint density at radius 1 is 1.00 bits per heavy atom. The molecule has 2 aromatic carbocycles. The molecule has 36 heavy (non-hydrogen) atoms. The van der Waals surface area contributed by atoms with Gasteiger partial charge in [-0.2, -0.15) is 0 Å². The van der Waals surface area contributed by atoms with E-state index in [1.54, 1.807) is 12.1 Å².